The maximum Gasteiger partial charge on any atom is 0.163 e. The number of carbonyl (C=O) groups is 1. The predicted octanol–water partition coefficient (Wildman–Crippen LogP) is 3.91. The van der Waals surface area contributed by atoms with E-state index in [1.54, 1.807) is 13.0 Å². The Kier molecular flexibility index (Phi) is 4.00. The van der Waals surface area contributed by atoms with Crippen LogP contribution in [0.15, 0.2) is 12.1 Å². The second-order valence-corrected chi connectivity index (χ2v) is 5.09. The topological polar surface area (TPSA) is 26.3 Å². The van der Waals surface area contributed by atoms with E-state index in [1.165, 1.54) is 32.3 Å². The molecule has 1 fully saturated rings. The zero-order chi connectivity index (χ0) is 13.1. The summed E-state index contributed by atoms with van der Waals surface area (Å²) in [6, 6.07) is 2.89. The average Bonchev–Trinajstić information content (AvgIpc) is 2.25. The largest absolute Gasteiger partial charge is 0.493 e. The summed E-state index contributed by atoms with van der Waals surface area (Å²) in [5, 5.41) is 0. The first kappa shape index (κ1) is 13.1. The van der Waals surface area contributed by atoms with Gasteiger partial charge in [0.1, 0.15) is 11.6 Å². The van der Waals surface area contributed by atoms with Crippen LogP contribution in [0.5, 0.6) is 5.75 Å². The van der Waals surface area contributed by atoms with Crippen LogP contribution in [0.2, 0.25) is 0 Å². The molecule has 0 spiro atoms. The van der Waals surface area contributed by atoms with Gasteiger partial charge >= 0.3 is 0 Å². The molecule has 0 radical (unpaired) electrons. The minimum absolute atomic E-state index is 0.160. The lowest BCUT2D eigenvalue weighted by Crippen LogP contribution is -2.15. The van der Waals surface area contributed by atoms with Crippen molar-refractivity contribution in [2.24, 2.45) is 5.92 Å². The monoisotopic (exact) mass is 250 g/mol. The number of hydrogen-bond donors (Lipinski definition) is 0. The average molecular weight is 250 g/mol. The van der Waals surface area contributed by atoms with Crippen LogP contribution in [0.25, 0.3) is 0 Å². The molecule has 1 aromatic rings. The van der Waals surface area contributed by atoms with E-state index in [0.717, 1.165) is 12.3 Å². The standard InChI is InChI=1S/C15H19FO2/c1-10-8-15(13(11(2)17)9-14(10)16)18-7-6-12-4-3-5-12/h8-9,12H,3-7H2,1-2H3. The van der Waals surface area contributed by atoms with Crippen molar-refractivity contribution in [3.63, 3.8) is 0 Å². The first-order valence-electron chi connectivity index (χ1n) is 6.52. The van der Waals surface area contributed by atoms with Crippen LogP contribution in [0.1, 0.15) is 48.5 Å². The fourth-order valence-electron chi connectivity index (χ4n) is 2.17. The Balaban J connectivity index is 2.04. The number of ketones is 1. The Bertz CT molecular complexity index is 450. The molecule has 0 heterocycles. The van der Waals surface area contributed by atoms with E-state index in [9.17, 15) is 9.18 Å². The highest BCUT2D eigenvalue weighted by Crippen LogP contribution is 2.30. The Hall–Kier alpha value is -1.38. The molecule has 0 saturated heterocycles. The normalized spacial score (nSPS) is 15.3. The molecule has 0 bridgehead atoms. The lowest BCUT2D eigenvalue weighted by molar-refractivity contribution is 0.101. The lowest BCUT2D eigenvalue weighted by atomic mass is 9.83. The number of Topliss-reactive ketones (excluding diaryl/α,β-unsaturated/α-hetero) is 1. The molecule has 1 saturated carbocycles. The summed E-state index contributed by atoms with van der Waals surface area (Å²) in [6.45, 7) is 3.72. The van der Waals surface area contributed by atoms with Gasteiger partial charge in [0, 0.05) is 0 Å². The molecule has 0 amide bonds. The van der Waals surface area contributed by atoms with Crippen LogP contribution in [0.4, 0.5) is 4.39 Å². The third kappa shape index (κ3) is 2.89. The molecule has 0 aromatic heterocycles. The van der Waals surface area contributed by atoms with Crippen molar-refractivity contribution in [1.29, 1.82) is 0 Å². The number of carbonyl (C=O) groups excluding carboxylic acids is 1. The highest BCUT2D eigenvalue weighted by Gasteiger charge is 2.18. The van der Waals surface area contributed by atoms with E-state index in [-0.39, 0.29) is 11.6 Å². The molecule has 0 aliphatic heterocycles. The van der Waals surface area contributed by atoms with E-state index in [4.69, 9.17) is 4.74 Å². The number of aryl methyl sites for hydroxylation is 1. The van der Waals surface area contributed by atoms with Gasteiger partial charge in [0.2, 0.25) is 0 Å². The van der Waals surface area contributed by atoms with E-state index >= 15 is 0 Å². The molecule has 0 atom stereocenters. The molecule has 2 nitrogen and oxygen atoms in total. The summed E-state index contributed by atoms with van der Waals surface area (Å²) in [7, 11) is 0. The van der Waals surface area contributed by atoms with Gasteiger partial charge in [0.05, 0.1) is 12.2 Å². The van der Waals surface area contributed by atoms with Crippen molar-refractivity contribution < 1.29 is 13.9 Å². The lowest BCUT2D eigenvalue weighted by Gasteiger charge is -2.25. The van der Waals surface area contributed by atoms with Gasteiger partial charge < -0.3 is 4.74 Å². The highest BCUT2D eigenvalue weighted by molar-refractivity contribution is 5.96. The van der Waals surface area contributed by atoms with Crippen LogP contribution in [-0.2, 0) is 0 Å². The third-order valence-electron chi connectivity index (χ3n) is 3.65. The Labute approximate surface area is 107 Å². The van der Waals surface area contributed by atoms with Gasteiger partial charge in [-0.25, -0.2) is 4.39 Å². The second kappa shape index (κ2) is 5.51. The van der Waals surface area contributed by atoms with Gasteiger partial charge in [-0.05, 0) is 43.9 Å². The van der Waals surface area contributed by atoms with Crippen LogP contribution >= 0.6 is 0 Å². The maximum absolute atomic E-state index is 13.4. The summed E-state index contributed by atoms with van der Waals surface area (Å²) in [4.78, 5) is 11.4. The second-order valence-electron chi connectivity index (χ2n) is 5.09. The van der Waals surface area contributed by atoms with Crippen molar-refractivity contribution in [3.05, 3.63) is 29.1 Å². The molecule has 98 valence electrons. The van der Waals surface area contributed by atoms with E-state index in [1.807, 2.05) is 0 Å². The molecule has 3 heteroatoms. The van der Waals surface area contributed by atoms with Crippen molar-refractivity contribution in [3.8, 4) is 5.75 Å². The minimum atomic E-state index is -0.355. The molecule has 1 aliphatic carbocycles. The molecule has 0 unspecified atom stereocenters. The molecule has 18 heavy (non-hydrogen) atoms. The smallest absolute Gasteiger partial charge is 0.163 e. The summed E-state index contributed by atoms with van der Waals surface area (Å²) < 4.78 is 19.1. The zero-order valence-corrected chi connectivity index (χ0v) is 11.0. The first-order valence-corrected chi connectivity index (χ1v) is 6.52. The number of halogens is 1. The van der Waals surface area contributed by atoms with Crippen molar-refractivity contribution in [2.45, 2.75) is 39.5 Å². The van der Waals surface area contributed by atoms with Gasteiger partial charge in [-0.2, -0.15) is 0 Å². The van der Waals surface area contributed by atoms with Gasteiger partial charge in [-0.3, -0.25) is 4.79 Å². The van der Waals surface area contributed by atoms with E-state index < -0.39 is 0 Å². The number of benzene rings is 1. The fourth-order valence-corrected chi connectivity index (χ4v) is 2.17. The molecule has 1 aliphatic rings. The van der Waals surface area contributed by atoms with Gasteiger partial charge in [-0.15, -0.1) is 0 Å². The van der Waals surface area contributed by atoms with Crippen molar-refractivity contribution in [1.82, 2.24) is 0 Å². The van der Waals surface area contributed by atoms with Crippen LogP contribution in [0.3, 0.4) is 0 Å². The predicted molar refractivity (Wildman–Crippen MR) is 68.6 cm³/mol. The fraction of sp³-hybridized carbons (Fsp3) is 0.533. The third-order valence-corrected chi connectivity index (χ3v) is 3.65. The SMILES string of the molecule is CC(=O)c1cc(F)c(C)cc1OCCC1CCC1. The Morgan fingerprint density at radius 3 is 2.72 bits per heavy atom. The number of hydrogen-bond acceptors (Lipinski definition) is 2. The molecular weight excluding hydrogens is 231 g/mol. The molecule has 0 N–H and O–H groups in total. The van der Waals surface area contributed by atoms with Crippen LogP contribution in [-0.4, -0.2) is 12.4 Å². The molecule has 2 rings (SSSR count). The van der Waals surface area contributed by atoms with Gasteiger partial charge in [0.25, 0.3) is 0 Å². The van der Waals surface area contributed by atoms with Gasteiger partial charge in [-0.1, -0.05) is 19.3 Å². The summed E-state index contributed by atoms with van der Waals surface area (Å²) in [6.07, 6.45) is 4.91. The molecule has 1 aromatic carbocycles. The van der Waals surface area contributed by atoms with Crippen molar-refractivity contribution in [2.75, 3.05) is 6.61 Å². The minimum Gasteiger partial charge on any atom is -0.493 e. The Morgan fingerprint density at radius 1 is 1.44 bits per heavy atom. The van der Waals surface area contributed by atoms with Gasteiger partial charge in [0.15, 0.2) is 5.78 Å². The van der Waals surface area contributed by atoms with E-state index in [0.29, 0.717) is 23.5 Å². The quantitative estimate of drug-likeness (QED) is 0.741. The number of rotatable bonds is 5. The molecular formula is C15H19FO2. The van der Waals surface area contributed by atoms with Crippen LogP contribution in [0, 0.1) is 18.7 Å². The first-order chi connectivity index (χ1) is 8.58. The van der Waals surface area contributed by atoms with E-state index in [2.05, 4.69) is 0 Å². The maximum atomic E-state index is 13.4. The Morgan fingerprint density at radius 2 is 2.17 bits per heavy atom. The summed E-state index contributed by atoms with van der Waals surface area (Å²) in [5.74, 6) is 0.770. The van der Waals surface area contributed by atoms with Crippen molar-refractivity contribution >= 4 is 5.78 Å². The van der Waals surface area contributed by atoms with Crippen LogP contribution < -0.4 is 4.74 Å². The summed E-state index contributed by atoms with van der Waals surface area (Å²) >= 11 is 0. The highest BCUT2D eigenvalue weighted by atomic mass is 19.1. The zero-order valence-electron chi connectivity index (χ0n) is 11.0. The number of ether oxygens (including phenoxy) is 1. The summed E-state index contributed by atoms with van der Waals surface area (Å²) in [5.41, 5.74) is 0.852.